The molecule has 31 heavy (non-hydrogen) atoms. The molecule has 1 fully saturated rings. The highest BCUT2D eigenvalue weighted by molar-refractivity contribution is 5.84. The molecular formula is C22H30N6O3. The fourth-order valence-corrected chi connectivity index (χ4v) is 3.58. The van der Waals surface area contributed by atoms with Crippen LogP contribution in [0.3, 0.4) is 0 Å². The van der Waals surface area contributed by atoms with Crippen LogP contribution in [0.1, 0.15) is 25.7 Å². The van der Waals surface area contributed by atoms with E-state index in [4.69, 9.17) is 9.15 Å². The van der Waals surface area contributed by atoms with Crippen molar-refractivity contribution in [1.29, 1.82) is 0 Å². The van der Waals surface area contributed by atoms with Crippen molar-refractivity contribution in [3.63, 3.8) is 0 Å². The number of aliphatic hydroxyl groups excluding tert-OH is 1. The first kappa shape index (κ1) is 21.3. The van der Waals surface area contributed by atoms with E-state index in [1.807, 2.05) is 44.2 Å². The third-order valence-electron chi connectivity index (χ3n) is 5.45. The third-order valence-corrected chi connectivity index (χ3v) is 5.45. The van der Waals surface area contributed by atoms with E-state index in [9.17, 15) is 5.11 Å². The molecule has 0 saturated heterocycles. The van der Waals surface area contributed by atoms with Gasteiger partial charge in [0.2, 0.25) is 11.8 Å². The third kappa shape index (κ3) is 5.42. The maximum Gasteiger partial charge on any atom is 0.298 e. The zero-order valence-electron chi connectivity index (χ0n) is 18.3. The van der Waals surface area contributed by atoms with Crippen molar-refractivity contribution >= 4 is 28.8 Å². The van der Waals surface area contributed by atoms with Crippen molar-refractivity contribution in [2.75, 3.05) is 44.4 Å². The van der Waals surface area contributed by atoms with Gasteiger partial charge in [0.05, 0.1) is 18.4 Å². The van der Waals surface area contributed by atoms with E-state index in [1.165, 1.54) is 0 Å². The SMILES string of the molecule is CN(C)CCN(C)c1ncc(Nc2ncc3cccc(OC4CCC(O)CC4)c3n2)o1. The van der Waals surface area contributed by atoms with Crippen LogP contribution in [0.25, 0.3) is 10.9 Å². The van der Waals surface area contributed by atoms with E-state index < -0.39 is 0 Å². The van der Waals surface area contributed by atoms with Crippen LogP contribution in [0.15, 0.2) is 35.0 Å². The van der Waals surface area contributed by atoms with Gasteiger partial charge < -0.3 is 24.1 Å². The Labute approximate surface area is 182 Å². The van der Waals surface area contributed by atoms with E-state index in [0.717, 1.165) is 55.4 Å². The van der Waals surface area contributed by atoms with Crippen LogP contribution in [0.4, 0.5) is 17.8 Å². The molecule has 1 aliphatic carbocycles. The molecule has 0 unspecified atom stereocenters. The molecule has 0 spiro atoms. The largest absolute Gasteiger partial charge is 0.488 e. The van der Waals surface area contributed by atoms with Crippen molar-refractivity contribution < 1.29 is 14.3 Å². The van der Waals surface area contributed by atoms with Gasteiger partial charge >= 0.3 is 0 Å². The van der Waals surface area contributed by atoms with Crippen LogP contribution in [-0.4, -0.2) is 71.4 Å². The second kappa shape index (κ2) is 9.49. The van der Waals surface area contributed by atoms with Gasteiger partial charge in [0, 0.05) is 31.7 Å². The lowest BCUT2D eigenvalue weighted by molar-refractivity contribution is 0.0672. The summed E-state index contributed by atoms with van der Waals surface area (Å²) in [6.45, 7) is 1.70. The number of oxazole rings is 1. The molecule has 9 nitrogen and oxygen atoms in total. The number of ether oxygens (including phenoxy) is 1. The Kier molecular flexibility index (Phi) is 6.53. The zero-order chi connectivity index (χ0) is 21.8. The number of benzene rings is 1. The molecule has 1 saturated carbocycles. The van der Waals surface area contributed by atoms with Gasteiger partial charge in [-0.1, -0.05) is 12.1 Å². The van der Waals surface area contributed by atoms with Gasteiger partial charge in [-0.15, -0.1) is 0 Å². The number of rotatable bonds is 8. The minimum absolute atomic E-state index is 0.0925. The summed E-state index contributed by atoms with van der Waals surface area (Å²) < 4.78 is 12.0. The molecule has 2 aromatic heterocycles. The fourth-order valence-electron chi connectivity index (χ4n) is 3.58. The minimum atomic E-state index is -0.209. The van der Waals surface area contributed by atoms with E-state index >= 15 is 0 Å². The summed E-state index contributed by atoms with van der Waals surface area (Å²) in [6.07, 6.45) is 6.51. The topological polar surface area (TPSA) is 99.8 Å². The Morgan fingerprint density at radius 1 is 1.10 bits per heavy atom. The van der Waals surface area contributed by atoms with Gasteiger partial charge in [0.1, 0.15) is 11.3 Å². The number of aliphatic hydroxyl groups is 1. The fraction of sp³-hybridized carbons (Fsp3) is 0.500. The molecule has 9 heteroatoms. The van der Waals surface area contributed by atoms with Crippen LogP contribution in [0, 0.1) is 0 Å². The number of hydrogen-bond donors (Lipinski definition) is 2. The maximum absolute atomic E-state index is 9.73. The van der Waals surface area contributed by atoms with Crippen LogP contribution in [0.5, 0.6) is 5.75 Å². The molecule has 2 N–H and O–H groups in total. The van der Waals surface area contributed by atoms with Crippen molar-refractivity contribution in [2.45, 2.75) is 37.9 Å². The summed E-state index contributed by atoms with van der Waals surface area (Å²) in [7, 11) is 6.01. The summed E-state index contributed by atoms with van der Waals surface area (Å²) >= 11 is 0. The summed E-state index contributed by atoms with van der Waals surface area (Å²) in [4.78, 5) is 17.5. The van der Waals surface area contributed by atoms with Gasteiger partial charge in [-0.3, -0.25) is 5.32 Å². The van der Waals surface area contributed by atoms with Gasteiger partial charge in [0.15, 0.2) is 0 Å². The lowest BCUT2D eigenvalue weighted by atomic mass is 9.95. The van der Waals surface area contributed by atoms with Gasteiger partial charge in [-0.25, -0.2) is 9.97 Å². The first-order chi connectivity index (χ1) is 15.0. The van der Waals surface area contributed by atoms with Crippen molar-refractivity contribution in [2.24, 2.45) is 0 Å². The maximum atomic E-state index is 9.73. The Morgan fingerprint density at radius 3 is 2.68 bits per heavy atom. The zero-order valence-corrected chi connectivity index (χ0v) is 18.3. The Balaban J connectivity index is 1.47. The Bertz CT molecular complexity index is 1000. The van der Waals surface area contributed by atoms with E-state index in [1.54, 1.807) is 12.4 Å². The van der Waals surface area contributed by atoms with Crippen LogP contribution in [-0.2, 0) is 0 Å². The predicted molar refractivity (Wildman–Crippen MR) is 120 cm³/mol. The molecule has 4 rings (SSSR count). The molecule has 0 bridgehead atoms. The molecule has 2 heterocycles. The average Bonchev–Trinajstić information content (AvgIpc) is 3.22. The minimum Gasteiger partial charge on any atom is -0.488 e. The second-order valence-corrected chi connectivity index (χ2v) is 8.29. The van der Waals surface area contributed by atoms with Crippen LogP contribution in [0.2, 0.25) is 0 Å². The highest BCUT2D eigenvalue weighted by Crippen LogP contribution is 2.29. The normalized spacial score (nSPS) is 19.0. The molecule has 0 radical (unpaired) electrons. The monoisotopic (exact) mass is 426 g/mol. The summed E-state index contributed by atoms with van der Waals surface area (Å²) in [5.74, 6) is 1.62. The molecule has 1 aromatic carbocycles. The van der Waals surface area contributed by atoms with Crippen LogP contribution >= 0.6 is 0 Å². The van der Waals surface area contributed by atoms with Gasteiger partial charge in [0.25, 0.3) is 6.01 Å². The number of fused-ring (bicyclic) bond motifs is 1. The molecule has 0 aliphatic heterocycles. The lowest BCUT2D eigenvalue weighted by Crippen LogP contribution is -2.28. The number of para-hydroxylation sites is 1. The van der Waals surface area contributed by atoms with E-state index in [-0.39, 0.29) is 12.2 Å². The highest BCUT2D eigenvalue weighted by atomic mass is 16.5. The van der Waals surface area contributed by atoms with Gasteiger partial charge in [-0.05, 0) is 45.8 Å². The Hall–Kier alpha value is -2.91. The molecule has 0 amide bonds. The quantitative estimate of drug-likeness (QED) is 0.563. The number of nitrogens with one attached hydrogen (secondary N) is 1. The smallest absolute Gasteiger partial charge is 0.298 e. The summed E-state index contributed by atoms with van der Waals surface area (Å²) in [5.41, 5.74) is 0.744. The second-order valence-electron chi connectivity index (χ2n) is 8.29. The molecular weight excluding hydrogens is 396 g/mol. The molecule has 3 aromatic rings. The molecule has 0 atom stereocenters. The number of nitrogens with zero attached hydrogens (tertiary/aromatic N) is 5. The van der Waals surface area contributed by atoms with Crippen LogP contribution < -0.4 is 15.0 Å². The summed E-state index contributed by atoms with van der Waals surface area (Å²) in [5, 5.41) is 13.7. The Morgan fingerprint density at radius 2 is 1.90 bits per heavy atom. The molecule has 166 valence electrons. The standard InChI is InChI=1S/C22H30N6O3/c1-27(2)11-12-28(3)22-24-14-19(31-22)25-21-23-13-15-5-4-6-18(20(15)26-21)30-17-9-7-16(29)8-10-17/h4-6,13-14,16-17,29H,7-12H2,1-3H3,(H,23,25,26). The first-order valence-corrected chi connectivity index (χ1v) is 10.7. The predicted octanol–water partition coefficient (Wildman–Crippen LogP) is 3.04. The first-order valence-electron chi connectivity index (χ1n) is 10.7. The van der Waals surface area contributed by atoms with E-state index in [0.29, 0.717) is 17.8 Å². The number of hydrogen-bond acceptors (Lipinski definition) is 9. The highest BCUT2D eigenvalue weighted by Gasteiger charge is 2.21. The van der Waals surface area contributed by atoms with Crippen molar-refractivity contribution in [3.8, 4) is 5.75 Å². The number of anilines is 3. The van der Waals surface area contributed by atoms with Gasteiger partial charge in [-0.2, -0.15) is 4.98 Å². The van der Waals surface area contributed by atoms with Crippen molar-refractivity contribution in [3.05, 3.63) is 30.6 Å². The van der Waals surface area contributed by atoms with E-state index in [2.05, 4.69) is 25.2 Å². The molecule has 1 aliphatic rings. The lowest BCUT2D eigenvalue weighted by Gasteiger charge is -2.26. The number of likely N-dealkylation sites (N-methyl/N-ethyl adjacent to an activating group) is 2. The van der Waals surface area contributed by atoms with Crippen molar-refractivity contribution in [1.82, 2.24) is 19.9 Å². The summed E-state index contributed by atoms with van der Waals surface area (Å²) in [6, 6.07) is 6.37. The average molecular weight is 427 g/mol. The number of aromatic nitrogens is 3.